The number of carbonyl (C=O) groups excluding carboxylic acids is 1. The summed E-state index contributed by atoms with van der Waals surface area (Å²) in [7, 11) is 1.57. The number of amides is 1. The average molecular weight is 429 g/mol. The summed E-state index contributed by atoms with van der Waals surface area (Å²) in [5, 5.41) is 0. The maximum Gasteiger partial charge on any atom is 0.330 e. The third kappa shape index (κ3) is 5.00. The molecule has 1 aromatic carbocycles. The summed E-state index contributed by atoms with van der Waals surface area (Å²) in [6.07, 6.45) is 6.26. The molecule has 1 heterocycles. The number of aromatic amines is 1. The van der Waals surface area contributed by atoms with Crippen molar-refractivity contribution in [3.05, 3.63) is 50.7 Å². The van der Waals surface area contributed by atoms with Gasteiger partial charge in [0, 0.05) is 18.0 Å². The Hall–Kier alpha value is -3.03. The van der Waals surface area contributed by atoms with Crippen LogP contribution in [0.3, 0.4) is 0 Å². The Morgan fingerprint density at radius 1 is 1.23 bits per heavy atom. The lowest BCUT2D eigenvalue weighted by Gasteiger charge is -2.30. The minimum Gasteiger partial charge on any atom is -0.496 e. The largest absolute Gasteiger partial charge is 0.496 e. The highest BCUT2D eigenvalue weighted by Crippen LogP contribution is 2.30. The molecule has 0 atom stereocenters. The number of unbranched alkanes of at least 4 members (excludes halogenated alkanes) is 1. The zero-order chi connectivity index (χ0) is 22.4. The number of carbonyl (C=O) groups is 1. The molecule has 0 aliphatic heterocycles. The van der Waals surface area contributed by atoms with Gasteiger partial charge in [0.1, 0.15) is 11.6 Å². The maximum atomic E-state index is 13.6. The molecule has 0 spiro atoms. The van der Waals surface area contributed by atoms with E-state index in [0.29, 0.717) is 12.3 Å². The number of para-hydroxylation sites is 1. The molecule has 8 heteroatoms. The summed E-state index contributed by atoms with van der Waals surface area (Å²) in [6, 6.07) is 7.38. The minimum absolute atomic E-state index is 0.0289. The van der Waals surface area contributed by atoms with E-state index in [1.807, 2.05) is 31.2 Å². The van der Waals surface area contributed by atoms with Gasteiger partial charge in [-0.25, -0.2) is 4.79 Å². The highest BCUT2D eigenvalue weighted by Gasteiger charge is 2.31. The lowest BCUT2D eigenvalue weighted by molar-refractivity contribution is -0.123. The van der Waals surface area contributed by atoms with Crippen LogP contribution >= 0.6 is 0 Å². The molecule has 1 aliphatic carbocycles. The molecule has 1 aromatic heterocycles. The number of anilines is 2. The van der Waals surface area contributed by atoms with E-state index in [4.69, 9.17) is 10.5 Å². The van der Waals surface area contributed by atoms with Gasteiger partial charge in [-0.15, -0.1) is 0 Å². The highest BCUT2D eigenvalue weighted by atomic mass is 16.5. The zero-order valence-corrected chi connectivity index (χ0v) is 18.4. The van der Waals surface area contributed by atoms with Gasteiger partial charge in [0.05, 0.1) is 13.7 Å². The van der Waals surface area contributed by atoms with Gasteiger partial charge in [-0.2, -0.15) is 0 Å². The third-order valence-corrected chi connectivity index (χ3v) is 5.96. The molecule has 3 rings (SSSR count). The Morgan fingerprint density at radius 2 is 1.94 bits per heavy atom. The number of methoxy groups -OCH3 is 1. The Kier molecular flexibility index (Phi) is 7.55. The van der Waals surface area contributed by atoms with Crippen molar-refractivity contribution < 1.29 is 9.53 Å². The normalized spacial score (nSPS) is 14.4. The van der Waals surface area contributed by atoms with Crippen LogP contribution in [0.5, 0.6) is 5.75 Å². The molecular formula is C23H32N4O4. The summed E-state index contributed by atoms with van der Waals surface area (Å²) in [5.41, 5.74) is 5.94. The van der Waals surface area contributed by atoms with Gasteiger partial charge in [-0.05, 0) is 25.3 Å². The lowest BCUT2D eigenvalue weighted by Crippen LogP contribution is -2.43. The fourth-order valence-electron chi connectivity index (χ4n) is 4.22. The Morgan fingerprint density at radius 3 is 2.61 bits per heavy atom. The first-order chi connectivity index (χ1) is 15.0. The summed E-state index contributed by atoms with van der Waals surface area (Å²) in [5.74, 6) is 0.348. The molecule has 1 fully saturated rings. The number of nitrogens with two attached hydrogens (primary N) is 1. The number of rotatable bonds is 8. The molecule has 8 nitrogen and oxygen atoms in total. The average Bonchev–Trinajstić information content (AvgIpc) is 2.78. The fraction of sp³-hybridized carbons (Fsp3) is 0.522. The number of ether oxygens (including phenoxy) is 1. The molecule has 168 valence electrons. The monoisotopic (exact) mass is 428 g/mol. The van der Waals surface area contributed by atoms with Gasteiger partial charge in [0.15, 0.2) is 5.69 Å². The number of nitrogen functional groups attached to an aromatic ring is 1. The SMILES string of the molecule is CCCCn1c(N)c(N(Cc2ccccc2OC)C(=O)C2CCCCC2)c(=O)[nH]c1=O. The van der Waals surface area contributed by atoms with Crippen LogP contribution in [0.4, 0.5) is 11.5 Å². The number of aromatic nitrogens is 2. The number of nitrogens with zero attached hydrogens (tertiary/aromatic N) is 2. The van der Waals surface area contributed by atoms with Crippen LogP contribution in [-0.4, -0.2) is 22.6 Å². The van der Waals surface area contributed by atoms with Crippen LogP contribution in [-0.2, 0) is 17.9 Å². The molecule has 1 aliphatic rings. The fourth-order valence-corrected chi connectivity index (χ4v) is 4.22. The first-order valence-electron chi connectivity index (χ1n) is 11.0. The van der Waals surface area contributed by atoms with Gasteiger partial charge in [0.25, 0.3) is 5.56 Å². The predicted octanol–water partition coefficient (Wildman–Crippen LogP) is 3.04. The van der Waals surface area contributed by atoms with E-state index < -0.39 is 11.2 Å². The van der Waals surface area contributed by atoms with E-state index in [-0.39, 0.29) is 29.9 Å². The molecule has 0 bridgehead atoms. The van der Waals surface area contributed by atoms with Gasteiger partial charge in [-0.3, -0.25) is 24.0 Å². The second-order valence-electron chi connectivity index (χ2n) is 8.07. The number of nitrogens with one attached hydrogen (secondary N) is 1. The Labute approximate surface area is 182 Å². The van der Waals surface area contributed by atoms with Crippen LogP contribution in [0.1, 0.15) is 57.4 Å². The van der Waals surface area contributed by atoms with Crippen molar-refractivity contribution in [2.75, 3.05) is 17.7 Å². The lowest BCUT2D eigenvalue weighted by atomic mass is 9.88. The second-order valence-corrected chi connectivity index (χ2v) is 8.07. The summed E-state index contributed by atoms with van der Waals surface area (Å²) in [4.78, 5) is 42.7. The van der Waals surface area contributed by atoms with Crippen molar-refractivity contribution in [1.29, 1.82) is 0 Å². The maximum absolute atomic E-state index is 13.6. The zero-order valence-electron chi connectivity index (χ0n) is 18.4. The minimum atomic E-state index is -0.644. The number of hydrogen-bond acceptors (Lipinski definition) is 5. The molecule has 0 saturated heterocycles. The van der Waals surface area contributed by atoms with E-state index in [2.05, 4.69) is 4.98 Å². The Balaban J connectivity index is 2.10. The van der Waals surface area contributed by atoms with Crippen molar-refractivity contribution in [3.8, 4) is 5.75 Å². The van der Waals surface area contributed by atoms with Crippen LogP contribution in [0, 0.1) is 5.92 Å². The molecular weight excluding hydrogens is 396 g/mol. The van der Waals surface area contributed by atoms with Crippen molar-refractivity contribution >= 4 is 17.4 Å². The molecule has 31 heavy (non-hydrogen) atoms. The second kappa shape index (κ2) is 10.3. The third-order valence-electron chi connectivity index (χ3n) is 5.96. The van der Waals surface area contributed by atoms with Crippen molar-refractivity contribution in [2.45, 2.75) is 65.0 Å². The number of H-pyrrole nitrogens is 1. The predicted molar refractivity (Wildman–Crippen MR) is 121 cm³/mol. The van der Waals surface area contributed by atoms with Crippen molar-refractivity contribution in [1.82, 2.24) is 9.55 Å². The number of benzene rings is 1. The first-order valence-corrected chi connectivity index (χ1v) is 11.0. The molecule has 0 radical (unpaired) electrons. The smallest absolute Gasteiger partial charge is 0.330 e. The highest BCUT2D eigenvalue weighted by molar-refractivity contribution is 5.97. The summed E-state index contributed by atoms with van der Waals surface area (Å²) >= 11 is 0. The molecule has 0 unspecified atom stereocenters. The van der Waals surface area contributed by atoms with E-state index in [1.165, 1.54) is 9.47 Å². The van der Waals surface area contributed by atoms with Crippen LogP contribution < -0.4 is 26.6 Å². The van der Waals surface area contributed by atoms with Gasteiger partial charge in [0.2, 0.25) is 5.91 Å². The standard InChI is InChI=1S/C23H32N4O4/c1-3-4-14-26-20(24)19(21(28)25-23(26)30)27(22(29)16-10-6-5-7-11-16)15-17-12-8-9-13-18(17)31-2/h8-9,12-13,16H,3-7,10-11,14-15,24H2,1-2H3,(H,25,28,30). The van der Waals surface area contributed by atoms with E-state index >= 15 is 0 Å². The van der Waals surface area contributed by atoms with Crippen LogP contribution in [0.25, 0.3) is 0 Å². The van der Waals surface area contributed by atoms with Gasteiger partial charge >= 0.3 is 5.69 Å². The summed E-state index contributed by atoms with van der Waals surface area (Å²) in [6.45, 7) is 2.53. The van der Waals surface area contributed by atoms with Gasteiger partial charge in [-0.1, -0.05) is 50.8 Å². The quantitative estimate of drug-likeness (QED) is 0.671. The summed E-state index contributed by atoms with van der Waals surface area (Å²) < 4.78 is 6.80. The first kappa shape index (κ1) is 22.7. The van der Waals surface area contributed by atoms with E-state index in [0.717, 1.165) is 50.5 Å². The molecule has 2 aromatic rings. The van der Waals surface area contributed by atoms with E-state index in [1.54, 1.807) is 7.11 Å². The topological polar surface area (TPSA) is 110 Å². The Bertz CT molecular complexity index is 1020. The van der Waals surface area contributed by atoms with Crippen molar-refractivity contribution in [2.24, 2.45) is 5.92 Å². The van der Waals surface area contributed by atoms with Crippen LogP contribution in [0.2, 0.25) is 0 Å². The van der Waals surface area contributed by atoms with E-state index in [9.17, 15) is 14.4 Å². The van der Waals surface area contributed by atoms with Gasteiger partial charge < -0.3 is 10.5 Å². The van der Waals surface area contributed by atoms with Crippen molar-refractivity contribution in [3.63, 3.8) is 0 Å². The molecule has 1 amide bonds. The molecule has 3 N–H and O–H groups in total. The molecule has 1 saturated carbocycles. The number of hydrogen-bond donors (Lipinski definition) is 2. The van der Waals surface area contributed by atoms with Crippen LogP contribution in [0.15, 0.2) is 33.9 Å².